The van der Waals surface area contributed by atoms with E-state index in [1.54, 1.807) is 46.6 Å². The van der Waals surface area contributed by atoms with Gasteiger partial charge in [0.25, 0.3) is 5.56 Å². The van der Waals surface area contributed by atoms with Gasteiger partial charge in [0.2, 0.25) is 5.91 Å². The number of amides is 1. The number of ether oxygens (including phenoxy) is 1. The van der Waals surface area contributed by atoms with Crippen molar-refractivity contribution in [1.29, 1.82) is 0 Å². The van der Waals surface area contributed by atoms with Crippen LogP contribution >= 0.6 is 11.8 Å². The Kier molecular flexibility index (Phi) is 5.81. The molecule has 1 unspecified atom stereocenters. The summed E-state index contributed by atoms with van der Waals surface area (Å²) in [5.74, 6) is -0.0323. The van der Waals surface area contributed by atoms with E-state index in [-0.39, 0.29) is 29.5 Å². The van der Waals surface area contributed by atoms with Crippen molar-refractivity contribution in [2.24, 2.45) is 0 Å². The number of hydrogen-bond acceptors (Lipinski definition) is 7. The molecule has 32 heavy (non-hydrogen) atoms. The smallest absolute Gasteiger partial charge is 0.338 e. The molecular weight excluding hydrogens is 430 g/mol. The maximum absolute atomic E-state index is 13.1. The zero-order valence-electron chi connectivity index (χ0n) is 18.4. The zero-order chi connectivity index (χ0) is 23.0. The van der Waals surface area contributed by atoms with Crippen LogP contribution in [0.15, 0.2) is 40.4 Å². The van der Waals surface area contributed by atoms with E-state index < -0.39 is 5.97 Å². The highest BCUT2D eigenvalue weighted by molar-refractivity contribution is 7.99. The molecule has 1 amide bonds. The minimum absolute atomic E-state index is 0.139. The molecule has 2 aromatic heterocycles. The van der Waals surface area contributed by atoms with Gasteiger partial charge in [-0.1, -0.05) is 11.8 Å². The predicted octanol–water partition coefficient (Wildman–Crippen LogP) is 3.20. The molecular formula is C22H25N5O4S. The van der Waals surface area contributed by atoms with Crippen molar-refractivity contribution in [2.45, 2.75) is 50.9 Å². The Morgan fingerprint density at radius 2 is 1.97 bits per heavy atom. The summed E-state index contributed by atoms with van der Waals surface area (Å²) in [5.41, 5.74) is 1.07. The van der Waals surface area contributed by atoms with Crippen LogP contribution in [0, 0.1) is 0 Å². The lowest BCUT2D eigenvalue weighted by Crippen LogP contribution is -2.29. The highest BCUT2D eigenvalue weighted by Gasteiger charge is 2.30. The summed E-state index contributed by atoms with van der Waals surface area (Å²) in [6.07, 6.45) is 1.69. The van der Waals surface area contributed by atoms with E-state index in [0.717, 1.165) is 0 Å². The van der Waals surface area contributed by atoms with Crippen LogP contribution in [0.1, 0.15) is 50.5 Å². The van der Waals surface area contributed by atoms with Gasteiger partial charge in [0.1, 0.15) is 5.39 Å². The van der Waals surface area contributed by atoms with Gasteiger partial charge < -0.3 is 10.1 Å². The summed E-state index contributed by atoms with van der Waals surface area (Å²) in [6, 6.07) is 6.22. The van der Waals surface area contributed by atoms with Crippen molar-refractivity contribution in [3.8, 4) is 0 Å². The van der Waals surface area contributed by atoms with E-state index in [0.29, 0.717) is 39.8 Å². The molecule has 0 radical (unpaired) electrons. The van der Waals surface area contributed by atoms with Gasteiger partial charge in [0.15, 0.2) is 10.8 Å². The first-order valence-corrected chi connectivity index (χ1v) is 11.4. The molecule has 168 valence electrons. The first kappa shape index (κ1) is 22.1. The molecule has 0 aliphatic carbocycles. The Morgan fingerprint density at radius 1 is 1.25 bits per heavy atom. The molecule has 0 bridgehead atoms. The molecule has 3 heterocycles. The minimum Gasteiger partial charge on any atom is -0.462 e. The molecule has 1 atom stereocenters. The fraction of sp³-hybridized carbons (Fsp3) is 0.409. The molecule has 9 nitrogen and oxygen atoms in total. The topological polar surface area (TPSA) is 108 Å². The average molecular weight is 456 g/mol. The third kappa shape index (κ3) is 4.14. The van der Waals surface area contributed by atoms with E-state index in [9.17, 15) is 14.4 Å². The highest BCUT2D eigenvalue weighted by atomic mass is 32.2. The van der Waals surface area contributed by atoms with E-state index in [4.69, 9.17) is 4.74 Å². The number of nitrogens with one attached hydrogen (secondary N) is 1. The summed E-state index contributed by atoms with van der Waals surface area (Å²) < 4.78 is 8.32. The van der Waals surface area contributed by atoms with E-state index in [1.807, 2.05) is 20.8 Å². The molecule has 1 aliphatic rings. The summed E-state index contributed by atoms with van der Waals surface area (Å²) in [4.78, 5) is 42.2. The first-order chi connectivity index (χ1) is 15.2. The number of aromatic nitrogens is 4. The molecule has 0 saturated heterocycles. The number of carbonyl (C=O) groups is 2. The third-order valence-electron chi connectivity index (χ3n) is 5.11. The van der Waals surface area contributed by atoms with E-state index >= 15 is 0 Å². The van der Waals surface area contributed by atoms with Gasteiger partial charge >= 0.3 is 5.97 Å². The second-order valence-corrected chi connectivity index (χ2v) is 9.54. The summed E-state index contributed by atoms with van der Waals surface area (Å²) >= 11 is 1.47. The normalized spacial score (nSPS) is 15.6. The van der Waals surface area contributed by atoms with Crippen LogP contribution in [-0.4, -0.2) is 43.6 Å². The van der Waals surface area contributed by atoms with Crippen molar-refractivity contribution >= 4 is 40.4 Å². The Bertz CT molecular complexity index is 1240. The van der Waals surface area contributed by atoms with E-state index in [1.165, 1.54) is 11.8 Å². The molecule has 0 spiro atoms. The lowest BCUT2D eigenvalue weighted by Gasteiger charge is -2.20. The maximum atomic E-state index is 13.1. The SMILES string of the molecule is CCOC(=O)c1ccc(NC(=O)CC2CSc3nc4c(cnn4C(C)(C)C)c(=O)n32)cc1. The Hall–Kier alpha value is -3.14. The minimum atomic E-state index is -0.405. The van der Waals surface area contributed by atoms with Crippen LogP contribution in [0.5, 0.6) is 0 Å². The number of nitrogens with zero attached hydrogens (tertiary/aromatic N) is 4. The van der Waals surface area contributed by atoms with Gasteiger partial charge in [0.05, 0.1) is 29.9 Å². The fourth-order valence-electron chi connectivity index (χ4n) is 3.60. The zero-order valence-corrected chi connectivity index (χ0v) is 19.2. The van der Waals surface area contributed by atoms with Crippen molar-refractivity contribution in [3.63, 3.8) is 0 Å². The molecule has 10 heteroatoms. The van der Waals surface area contributed by atoms with Gasteiger partial charge in [-0.15, -0.1) is 0 Å². The summed E-state index contributed by atoms with van der Waals surface area (Å²) in [7, 11) is 0. The predicted molar refractivity (Wildman–Crippen MR) is 122 cm³/mol. The van der Waals surface area contributed by atoms with Crippen LogP contribution in [0.4, 0.5) is 5.69 Å². The number of benzene rings is 1. The molecule has 4 rings (SSSR count). The molecule has 1 aliphatic heterocycles. The number of carbonyl (C=O) groups excluding carboxylic acids is 2. The third-order valence-corrected chi connectivity index (χ3v) is 6.20. The maximum Gasteiger partial charge on any atom is 0.338 e. The molecule has 1 aromatic carbocycles. The first-order valence-electron chi connectivity index (χ1n) is 10.4. The largest absolute Gasteiger partial charge is 0.462 e. The number of hydrogen-bond donors (Lipinski definition) is 1. The van der Waals surface area contributed by atoms with Crippen molar-refractivity contribution in [1.82, 2.24) is 19.3 Å². The van der Waals surface area contributed by atoms with Crippen LogP contribution in [0.2, 0.25) is 0 Å². The van der Waals surface area contributed by atoms with Crippen LogP contribution in [-0.2, 0) is 15.1 Å². The van der Waals surface area contributed by atoms with Gasteiger partial charge in [0, 0.05) is 17.9 Å². The summed E-state index contributed by atoms with van der Waals surface area (Å²) in [6.45, 7) is 8.06. The molecule has 3 aromatic rings. The standard InChI is InChI=1S/C22H25N5O4S/c1-5-31-20(30)13-6-8-14(9-7-13)24-17(28)10-15-12-32-21-25-18-16(19(29)26(15)21)11-23-27(18)22(2,3)4/h6-9,11,15H,5,10,12H2,1-4H3,(H,24,28). The van der Waals surface area contributed by atoms with Gasteiger partial charge in [-0.2, -0.15) is 5.10 Å². The molecule has 0 fully saturated rings. The van der Waals surface area contributed by atoms with Crippen molar-refractivity contribution in [2.75, 3.05) is 17.7 Å². The van der Waals surface area contributed by atoms with Crippen molar-refractivity contribution < 1.29 is 14.3 Å². The number of thioether (sulfide) groups is 1. The second kappa shape index (κ2) is 8.42. The lowest BCUT2D eigenvalue weighted by molar-refractivity contribution is -0.116. The number of rotatable bonds is 5. The molecule has 1 N–H and O–H groups in total. The summed E-state index contributed by atoms with van der Waals surface area (Å²) in [5, 5.41) is 8.24. The van der Waals surface area contributed by atoms with Gasteiger partial charge in [-0.25, -0.2) is 14.5 Å². The number of esters is 1. The Balaban J connectivity index is 1.51. The average Bonchev–Trinajstić information content (AvgIpc) is 3.33. The quantitative estimate of drug-likeness (QED) is 0.465. The van der Waals surface area contributed by atoms with Gasteiger partial charge in [-0.05, 0) is 52.0 Å². The monoisotopic (exact) mass is 455 g/mol. The number of fused-ring (bicyclic) bond motifs is 2. The fourth-order valence-corrected chi connectivity index (χ4v) is 4.73. The molecule has 0 saturated carbocycles. The van der Waals surface area contributed by atoms with Crippen molar-refractivity contribution in [3.05, 3.63) is 46.4 Å². The highest BCUT2D eigenvalue weighted by Crippen LogP contribution is 2.34. The second-order valence-electron chi connectivity index (χ2n) is 8.55. The van der Waals surface area contributed by atoms with E-state index in [2.05, 4.69) is 15.4 Å². The number of anilines is 1. The van der Waals surface area contributed by atoms with Crippen LogP contribution in [0.3, 0.4) is 0 Å². The Morgan fingerprint density at radius 3 is 2.62 bits per heavy atom. The van der Waals surface area contributed by atoms with Gasteiger partial charge in [-0.3, -0.25) is 14.2 Å². The Labute approximate surface area is 189 Å². The van der Waals surface area contributed by atoms with Crippen LogP contribution in [0.25, 0.3) is 11.0 Å². The van der Waals surface area contributed by atoms with Crippen LogP contribution < -0.4 is 10.9 Å². The lowest BCUT2D eigenvalue weighted by atomic mass is 10.1.